The van der Waals surface area contributed by atoms with Gasteiger partial charge in [0.05, 0.1) is 30.3 Å². The highest BCUT2D eigenvalue weighted by Crippen LogP contribution is 2.24. The molecule has 0 N–H and O–H groups in total. The van der Waals surface area contributed by atoms with Crippen LogP contribution in [-0.4, -0.2) is 59.6 Å². The maximum atomic E-state index is 13.4. The highest BCUT2D eigenvalue weighted by atomic mass is 79.9. The quantitative estimate of drug-likeness (QED) is 0.369. The number of carbonyl (C=O) groups is 1. The van der Waals surface area contributed by atoms with Gasteiger partial charge >= 0.3 is 0 Å². The lowest BCUT2D eigenvalue weighted by Crippen LogP contribution is -2.43. The number of hydrogen-bond acceptors (Lipinski definition) is 6. The molecule has 2 aromatic carbocycles. The third kappa shape index (κ3) is 5.99. The predicted octanol–water partition coefficient (Wildman–Crippen LogP) is 4.55. The largest absolute Gasteiger partial charge is 0.483 e. The summed E-state index contributed by atoms with van der Waals surface area (Å²) in [5.41, 5.74) is 1.02. The molecule has 0 spiro atoms. The second-order valence-electron chi connectivity index (χ2n) is 8.27. The summed E-state index contributed by atoms with van der Waals surface area (Å²) in [6, 6.07) is 10.9. The van der Waals surface area contributed by atoms with Crippen LogP contribution < -0.4 is 10.3 Å². The second-order valence-corrected chi connectivity index (χ2v) is 10.1. The molecule has 0 saturated carbocycles. The van der Waals surface area contributed by atoms with Crippen LogP contribution in [0.4, 0.5) is 0 Å². The summed E-state index contributed by atoms with van der Waals surface area (Å²) in [6.45, 7) is 6.15. The number of rotatable bonds is 7. The summed E-state index contributed by atoms with van der Waals surface area (Å²) >= 11 is 6.91. The van der Waals surface area contributed by atoms with Crippen LogP contribution in [0.2, 0.25) is 0 Å². The van der Waals surface area contributed by atoms with Crippen molar-refractivity contribution in [1.29, 1.82) is 0 Å². The number of fused-ring (bicyclic) bond motifs is 1. The molecule has 1 amide bonds. The molecular weight excluding hydrogens is 580 g/mol. The lowest BCUT2D eigenvalue weighted by Gasteiger charge is -2.26. The minimum absolute atomic E-state index is 0.0253. The summed E-state index contributed by atoms with van der Waals surface area (Å²) in [5.74, 6) is 1.01. The SMILES string of the molecule is CC[C@H](C)c1nc2ccc(Br)cc2c(=O)n1N=Cc1cc(Br)ccc1OCC(=O)N1CCOCC1. The molecule has 1 atom stereocenters. The van der Waals surface area contributed by atoms with Crippen molar-refractivity contribution < 1.29 is 14.3 Å². The summed E-state index contributed by atoms with van der Waals surface area (Å²) in [5, 5.41) is 5.01. The van der Waals surface area contributed by atoms with Gasteiger partial charge in [0.25, 0.3) is 11.5 Å². The minimum Gasteiger partial charge on any atom is -0.483 e. The zero-order chi connectivity index (χ0) is 24.9. The van der Waals surface area contributed by atoms with E-state index in [-0.39, 0.29) is 24.0 Å². The Balaban J connectivity index is 1.67. The predicted molar refractivity (Wildman–Crippen MR) is 142 cm³/mol. The van der Waals surface area contributed by atoms with E-state index in [2.05, 4.69) is 37.0 Å². The number of morpholine rings is 1. The van der Waals surface area contributed by atoms with Gasteiger partial charge in [0.15, 0.2) is 6.61 Å². The first-order valence-corrected chi connectivity index (χ1v) is 13.0. The fraction of sp³-hybridized carbons (Fsp3) is 0.360. The lowest BCUT2D eigenvalue weighted by molar-refractivity contribution is -0.137. The van der Waals surface area contributed by atoms with Crippen LogP contribution in [0.25, 0.3) is 10.9 Å². The molecule has 2 heterocycles. The Kier molecular flexibility index (Phi) is 8.35. The number of benzene rings is 2. The number of amides is 1. The molecule has 1 aliphatic heterocycles. The van der Waals surface area contributed by atoms with Crippen molar-refractivity contribution in [3.8, 4) is 5.75 Å². The van der Waals surface area contributed by atoms with Gasteiger partial charge in [-0.05, 0) is 42.8 Å². The lowest BCUT2D eigenvalue weighted by atomic mass is 10.1. The average Bonchev–Trinajstić information content (AvgIpc) is 2.87. The van der Waals surface area contributed by atoms with Gasteiger partial charge in [-0.25, -0.2) is 4.98 Å². The van der Waals surface area contributed by atoms with E-state index in [4.69, 9.17) is 14.5 Å². The second kappa shape index (κ2) is 11.5. The molecule has 1 aromatic heterocycles. The molecule has 1 aliphatic rings. The fourth-order valence-corrected chi connectivity index (χ4v) is 4.43. The van der Waals surface area contributed by atoms with E-state index >= 15 is 0 Å². The first kappa shape index (κ1) is 25.5. The van der Waals surface area contributed by atoms with Crippen molar-refractivity contribution in [2.45, 2.75) is 26.2 Å². The fourth-order valence-electron chi connectivity index (χ4n) is 3.69. The standard InChI is InChI=1S/C25H26Br2N4O4/c1-3-16(2)24-29-21-6-4-19(27)13-20(21)25(33)31(24)28-14-17-12-18(26)5-7-22(17)35-15-23(32)30-8-10-34-11-9-30/h4-7,12-14,16H,3,8-11,15H2,1-2H3/t16-/m0/s1. The van der Waals surface area contributed by atoms with Crippen LogP contribution in [0, 0.1) is 0 Å². The Morgan fingerprint density at radius 3 is 2.66 bits per heavy atom. The van der Waals surface area contributed by atoms with Crippen LogP contribution in [0.1, 0.15) is 37.6 Å². The maximum absolute atomic E-state index is 13.4. The molecular formula is C25H26Br2N4O4. The third-order valence-electron chi connectivity index (χ3n) is 5.89. The van der Waals surface area contributed by atoms with Crippen LogP contribution in [0.3, 0.4) is 0 Å². The van der Waals surface area contributed by atoms with Gasteiger partial charge in [-0.2, -0.15) is 9.78 Å². The molecule has 3 aromatic rings. The summed E-state index contributed by atoms with van der Waals surface area (Å²) in [4.78, 5) is 32.4. The molecule has 0 aliphatic carbocycles. The van der Waals surface area contributed by atoms with Crippen molar-refractivity contribution >= 4 is 54.9 Å². The summed E-state index contributed by atoms with van der Waals surface area (Å²) in [6.07, 6.45) is 2.37. The zero-order valence-corrected chi connectivity index (χ0v) is 22.7. The first-order valence-electron chi connectivity index (χ1n) is 11.4. The van der Waals surface area contributed by atoms with Gasteiger partial charge in [0, 0.05) is 33.5 Å². The van der Waals surface area contributed by atoms with Crippen molar-refractivity contribution in [1.82, 2.24) is 14.6 Å². The van der Waals surface area contributed by atoms with Gasteiger partial charge in [-0.1, -0.05) is 45.7 Å². The zero-order valence-electron chi connectivity index (χ0n) is 19.5. The van der Waals surface area contributed by atoms with Crippen molar-refractivity contribution in [2.24, 2.45) is 5.10 Å². The van der Waals surface area contributed by atoms with Crippen LogP contribution in [0.15, 0.2) is 55.2 Å². The van der Waals surface area contributed by atoms with E-state index in [0.29, 0.717) is 54.3 Å². The van der Waals surface area contributed by atoms with Gasteiger partial charge in [-0.3, -0.25) is 9.59 Å². The molecule has 1 fully saturated rings. The summed E-state index contributed by atoms with van der Waals surface area (Å²) in [7, 11) is 0. The number of halogens is 2. The average molecular weight is 606 g/mol. The Morgan fingerprint density at radius 2 is 1.91 bits per heavy atom. The Hall–Kier alpha value is -2.56. The molecule has 35 heavy (non-hydrogen) atoms. The van der Waals surface area contributed by atoms with Gasteiger partial charge in [0.2, 0.25) is 0 Å². The summed E-state index contributed by atoms with van der Waals surface area (Å²) < 4.78 is 14.1. The number of nitrogens with zero attached hydrogens (tertiary/aromatic N) is 4. The molecule has 0 bridgehead atoms. The van der Waals surface area contributed by atoms with E-state index in [9.17, 15) is 9.59 Å². The monoisotopic (exact) mass is 604 g/mol. The maximum Gasteiger partial charge on any atom is 0.282 e. The molecule has 1 saturated heterocycles. The topological polar surface area (TPSA) is 86.0 Å². The van der Waals surface area contributed by atoms with Crippen molar-refractivity contribution in [3.63, 3.8) is 0 Å². The van der Waals surface area contributed by atoms with Crippen LogP contribution >= 0.6 is 31.9 Å². The van der Waals surface area contributed by atoms with E-state index < -0.39 is 0 Å². The van der Waals surface area contributed by atoms with Gasteiger partial charge in [-0.15, -0.1) is 0 Å². The Morgan fingerprint density at radius 1 is 1.20 bits per heavy atom. The van der Waals surface area contributed by atoms with Gasteiger partial charge in [0.1, 0.15) is 11.6 Å². The smallest absolute Gasteiger partial charge is 0.282 e. The Labute approximate surface area is 220 Å². The first-order chi connectivity index (χ1) is 16.9. The number of hydrogen-bond donors (Lipinski definition) is 0. The van der Waals surface area contributed by atoms with E-state index in [1.165, 1.54) is 4.68 Å². The van der Waals surface area contributed by atoms with E-state index in [0.717, 1.165) is 15.4 Å². The number of aromatic nitrogens is 2. The van der Waals surface area contributed by atoms with Crippen molar-refractivity contribution in [3.05, 3.63) is 67.1 Å². The third-order valence-corrected chi connectivity index (χ3v) is 6.87. The molecule has 10 heteroatoms. The molecule has 184 valence electrons. The molecule has 0 radical (unpaired) electrons. The van der Waals surface area contributed by atoms with Crippen LogP contribution in [-0.2, 0) is 9.53 Å². The molecule has 0 unspecified atom stereocenters. The highest BCUT2D eigenvalue weighted by molar-refractivity contribution is 9.10. The normalized spacial score (nSPS) is 15.0. The minimum atomic E-state index is -0.247. The van der Waals surface area contributed by atoms with E-state index in [1.807, 2.05) is 38.1 Å². The Bertz CT molecular complexity index is 1320. The number of ether oxygens (including phenoxy) is 2. The van der Waals surface area contributed by atoms with Crippen molar-refractivity contribution in [2.75, 3.05) is 32.9 Å². The highest BCUT2D eigenvalue weighted by Gasteiger charge is 2.18. The number of carbonyl (C=O) groups excluding carboxylic acids is 1. The molecule has 4 rings (SSSR count). The van der Waals surface area contributed by atoms with Gasteiger partial charge < -0.3 is 14.4 Å². The molecule has 8 nitrogen and oxygen atoms in total. The van der Waals surface area contributed by atoms with E-state index in [1.54, 1.807) is 23.2 Å². The van der Waals surface area contributed by atoms with Crippen LogP contribution in [0.5, 0.6) is 5.75 Å².